The lowest BCUT2D eigenvalue weighted by molar-refractivity contribution is 0.641. The van der Waals surface area contributed by atoms with Gasteiger partial charge in [0.05, 0.1) is 17.7 Å². The van der Waals surface area contributed by atoms with Gasteiger partial charge in [-0.05, 0) is 43.7 Å². The van der Waals surface area contributed by atoms with Crippen LogP contribution in [0.1, 0.15) is 25.0 Å². The normalized spacial score (nSPS) is 15.3. The molecule has 0 bridgehead atoms. The van der Waals surface area contributed by atoms with Crippen molar-refractivity contribution in [1.29, 1.82) is 0 Å². The van der Waals surface area contributed by atoms with E-state index >= 15 is 0 Å². The topological polar surface area (TPSA) is 85.8 Å². The number of aliphatic imine (C=N–C) groups is 1. The van der Waals surface area contributed by atoms with Crippen LogP contribution < -0.4 is 5.32 Å². The first kappa shape index (κ1) is 18.9. The third-order valence-corrected chi connectivity index (χ3v) is 5.17. The Hall–Kier alpha value is -4.07. The molecule has 1 aromatic carbocycles. The molecule has 154 valence electrons. The summed E-state index contributed by atoms with van der Waals surface area (Å²) in [6, 6.07) is 9.96. The van der Waals surface area contributed by atoms with Crippen molar-refractivity contribution < 1.29 is 0 Å². The van der Waals surface area contributed by atoms with Crippen LogP contribution in [0.4, 0.5) is 11.6 Å². The van der Waals surface area contributed by atoms with Crippen LogP contribution in [0.2, 0.25) is 0 Å². The Balaban J connectivity index is 1.41. The minimum Gasteiger partial charge on any atom is -0.324 e. The summed E-state index contributed by atoms with van der Waals surface area (Å²) in [6.45, 7) is 2.88. The van der Waals surface area contributed by atoms with Crippen LogP contribution in [0.3, 0.4) is 0 Å². The Kier molecular flexibility index (Phi) is 5.10. The molecule has 0 saturated carbocycles. The summed E-state index contributed by atoms with van der Waals surface area (Å²) in [5.74, 6) is 0.690. The van der Waals surface area contributed by atoms with Crippen molar-refractivity contribution in [3.63, 3.8) is 0 Å². The average molecular weight is 410 g/mol. The second-order valence-corrected chi connectivity index (χ2v) is 7.22. The molecule has 0 saturated heterocycles. The molecule has 4 heterocycles. The molecule has 1 N–H and O–H groups in total. The molecule has 31 heavy (non-hydrogen) atoms. The molecular weight excluding hydrogens is 388 g/mol. The molecule has 4 aromatic rings. The minimum absolute atomic E-state index is 0.148. The molecule has 0 aliphatic carbocycles. The van der Waals surface area contributed by atoms with Gasteiger partial charge in [0, 0.05) is 66.6 Å². The SMILES string of the molecule is CCn1cc(-c2ccnc(Nc3ccc(-n4ccnc4)cc3)n2)c(C2C=NC=CC2)n1. The predicted molar refractivity (Wildman–Crippen MR) is 121 cm³/mol. The van der Waals surface area contributed by atoms with Crippen LogP contribution >= 0.6 is 0 Å². The molecule has 8 heteroatoms. The van der Waals surface area contributed by atoms with E-state index in [2.05, 4.69) is 33.3 Å². The first-order chi connectivity index (χ1) is 15.3. The minimum atomic E-state index is 0.148. The molecule has 0 fully saturated rings. The Labute approximate surface area is 180 Å². The molecule has 8 nitrogen and oxygen atoms in total. The number of anilines is 2. The zero-order valence-corrected chi connectivity index (χ0v) is 17.1. The Bertz CT molecular complexity index is 1220. The van der Waals surface area contributed by atoms with E-state index in [0.717, 1.165) is 41.3 Å². The lowest BCUT2D eigenvalue weighted by atomic mass is 9.97. The van der Waals surface area contributed by atoms with Gasteiger partial charge in [-0.15, -0.1) is 0 Å². The van der Waals surface area contributed by atoms with Crippen LogP contribution in [0.25, 0.3) is 16.9 Å². The van der Waals surface area contributed by atoms with Gasteiger partial charge < -0.3 is 9.88 Å². The van der Waals surface area contributed by atoms with Crippen molar-refractivity contribution >= 4 is 17.9 Å². The summed E-state index contributed by atoms with van der Waals surface area (Å²) in [7, 11) is 0. The van der Waals surface area contributed by atoms with Gasteiger partial charge in [-0.3, -0.25) is 9.67 Å². The van der Waals surface area contributed by atoms with Gasteiger partial charge in [0.2, 0.25) is 5.95 Å². The van der Waals surface area contributed by atoms with E-state index in [9.17, 15) is 0 Å². The number of aromatic nitrogens is 6. The molecule has 1 aliphatic rings. The van der Waals surface area contributed by atoms with Gasteiger partial charge in [-0.1, -0.05) is 6.08 Å². The Morgan fingerprint density at radius 3 is 2.77 bits per heavy atom. The van der Waals surface area contributed by atoms with Gasteiger partial charge in [0.25, 0.3) is 0 Å². The van der Waals surface area contributed by atoms with Gasteiger partial charge in [0.15, 0.2) is 0 Å². The van der Waals surface area contributed by atoms with E-state index in [0.29, 0.717) is 5.95 Å². The number of hydrogen-bond acceptors (Lipinski definition) is 6. The van der Waals surface area contributed by atoms with Crippen molar-refractivity contribution in [2.75, 3.05) is 5.32 Å². The summed E-state index contributed by atoms with van der Waals surface area (Å²) in [6.07, 6.45) is 16.0. The quantitative estimate of drug-likeness (QED) is 0.510. The molecule has 5 rings (SSSR count). The summed E-state index contributed by atoms with van der Waals surface area (Å²) < 4.78 is 3.90. The monoisotopic (exact) mass is 410 g/mol. The van der Waals surface area contributed by atoms with Crippen LogP contribution in [-0.4, -0.2) is 35.5 Å². The highest BCUT2D eigenvalue weighted by Gasteiger charge is 2.20. The van der Waals surface area contributed by atoms with E-state index in [1.165, 1.54) is 0 Å². The maximum absolute atomic E-state index is 4.78. The van der Waals surface area contributed by atoms with Gasteiger partial charge in [-0.2, -0.15) is 5.10 Å². The zero-order valence-electron chi connectivity index (χ0n) is 17.1. The zero-order chi connectivity index (χ0) is 21.0. The largest absolute Gasteiger partial charge is 0.324 e. The van der Waals surface area contributed by atoms with E-state index < -0.39 is 0 Å². The van der Waals surface area contributed by atoms with Gasteiger partial charge in [0.1, 0.15) is 0 Å². The fraction of sp³-hybridized carbons (Fsp3) is 0.174. The molecule has 1 aliphatic heterocycles. The number of rotatable bonds is 6. The fourth-order valence-electron chi connectivity index (χ4n) is 3.56. The van der Waals surface area contributed by atoms with Crippen molar-refractivity contribution in [3.8, 4) is 16.9 Å². The summed E-state index contributed by atoms with van der Waals surface area (Å²) >= 11 is 0. The third kappa shape index (κ3) is 4.00. The lowest BCUT2D eigenvalue weighted by Crippen LogP contribution is -2.06. The molecular formula is C23H22N8. The second-order valence-electron chi connectivity index (χ2n) is 7.22. The molecule has 0 spiro atoms. The van der Waals surface area contributed by atoms with E-state index in [-0.39, 0.29) is 5.92 Å². The maximum atomic E-state index is 4.78. The van der Waals surface area contributed by atoms with Gasteiger partial charge >= 0.3 is 0 Å². The fourth-order valence-corrected chi connectivity index (χ4v) is 3.56. The second kappa shape index (κ2) is 8.35. The van der Waals surface area contributed by atoms with Crippen molar-refractivity contribution in [1.82, 2.24) is 29.3 Å². The van der Waals surface area contributed by atoms with Crippen LogP contribution in [-0.2, 0) is 6.54 Å². The van der Waals surface area contributed by atoms with Crippen LogP contribution in [0.15, 0.2) is 78.7 Å². The molecule has 1 atom stereocenters. The number of nitrogens with zero attached hydrogens (tertiary/aromatic N) is 7. The van der Waals surface area contributed by atoms with Crippen LogP contribution in [0.5, 0.6) is 0 Å². The Morgan fingerprint density at radius 2 is 2.03 bits per heavy atom. The highest BCUT2D eigenvalue weighted by Crippen LogP contribution is 2.30. The average Bonchev–Trinajstić information content (AvgIpc) is 3.51. The molecule has 0 amide bonds. The number of nitrogens with one attached hydrogen (secondary N) is 1. The number of imidazole rings is 1. The van der Waals surface area contributed by atoms with Gasteiger partial charge in [-0.25, -0.2) is 15.0 Å². The first-order valence-corrected chi connectivity index (χ1v) is 10.2. The lowest BCUT2D eigenvalue weighted by Gasteiger charge is -2.12. The van der Waals surface area contributed by atoms with Crippen molar-refractivity contribution in [2.24, 2.45) is 4.99 Å². The molecule has 3 aromatic heterocycles. The van der Waals surface area contributed by atoms with Crippen molar-refractivity contribution in [2.45, 2.75) is 25.8 Å². The third-order valence-electron chi connectivity index (χ3n) is 5.17. The number of hydrogen-bond donors (Lipinski definition) is 1. The standard InChI is InChI=1S/C23H22N8/c1-2-31-15-20(22(29-31)17-4-3-10-24-14-17)21-9-11-26-23(28-21)27-18-5-7-19(8-6-18)30-13-12-25-16-30/h3,5-17H,2,4H2,1H3,(H,26,27,28). The molecule has 1 unspecified atom stereocenters. The van der Waals surface area contributed by atoms with Crippen molar-refractivity contribution in [3.05, 3.63) is 79.4 Å². The summed E-state index contributed by atoms with van der Waals surface area (Å²) in [5, 5.41) is 8.07. The highest BCUT2D eigenvalue weighted by atomic mass is 15.3. The smallest absolute Gasteiger partial charge is 0.227 e. The Morgan fingerprint density at radius 1 is 1.13 bits per heavy atom. The number of aryl methyl sites for hydroxylation is 1. The predicted octanol–water partition coefficient (Wildman–Crippen LogP) is 4.36. The highest BCUT2D eigenvalue weighted by molar-refractivity contribution is 5.75. The van der Waals surface area contributed by atoms with E-state index in [4.69, 9.17) is 10.1 Å². The van der Waals surface area contributed by atoms with Crippen LogP contribution in [0, 0.1) is 0 Å². The molecule has 0 radical (unpaired) electrons. The number of allylic oxidation sites excluding steroid dienone is 1. The summed E-state index contributed by atoms with van der Waals surface area (Å²) in [5.41, 5.74) is 4.79. The first-order valence-electron chi connectivity index (χ1n) is 10.2. The number of benzene rings is 1. The van der Waals surface area contributed by atoms with E-state index in [1.54, 1.807) is 18.7 Å². The van der Waals surface area contributed by atoms with E-state index in [1.807, 2.05) is 64.4 Å². The maximum Gasteiger partial charge on any atom is 0.227 e. The summed E-state index contributed by atoms with van der Waals surface area (Å²) in [4.78, 5) is 17.5.